The molecule has 0 bridgehead atoms. The molecule has 0 unspecified atom stereocenters. The second-order valence-corrected chi connectivity index (χ2v) is 11.5. The van der Waals surface area contributed by atoms with Gasteiger partial charge in [0.25, 0.3) is 10.0 Å². The number of thiophene rings is 1. The molecule has 0 radical (unpaired) electrons. The number of sulfonamides is 1. The zero-order chi connectivity index (χ0) is 22.7. The van der Waals surface area contributed by atoms with Crippen molar-refractivity contribution in [3.05, 3.63) is 64.1 Å². The van der Waals surface area contributed by atoms with Crippen molar-refractivity contribution in [1.29, 1.82) is 0 Å². The maximum absolute atomic E-state index is 12.7. The molecule has 1 amide bonds. The number of halogens is 1. The van der Waals surface area contributed by atoms with E-state index in [-0.39, 0.29) is 16.7 Å². The van der Waals surface area contributed by atoms with Crippen molar-refractivity contribution >= 4 is 44.7 Å². The van der Waals surface area contributed by atoms with Gasteiger partial charge < -0.3 is 5.32 Å². The van der Waals surface area contributed by atoms with Crippen LogP contribution in [-0.4, -0.2) is 66.0 Å². The molecule has 11 heteroatoms. The van der Waals surface area contributed by atoms with Crippen molar-refractivity contribution in [3.8, 4) is 0 Å². The third kappa shape index (κ3) is 5.38. The number of aryl methyl sites for hydroxylation is 1. The van der Waals surface area contributed by atoms with E-state index in [9.17, 15) is 13.2 Å². The maximum Gasteiger partial charge on any atom is 0.252 e. The van der Waals surface area contributed by atoms with Gasteiger partial charge in [-0.25, -0.2) is 13.1 Å². The van der Waals surface area contributed by atoms with Crippen LogP contribution in [-0.2, 0) is 21.4 Å². The number of rotatable bonds is 7. The molecule has 1 aliphatic rings. The van der Waals surface area contributed by atoms with Crippen molar-refractivity contribution in [2.75, 3.05) is 38.0 Å². The summed E-state index contributed by atoms with van der Waals surface area (Å²) in [7, 11) is -3.54. The van der Waals surface area contributed by atoms with E-state index in [0.717, 1.165) is 16.9 Å². The number of carbonyl (C=O) groups excluding carboxylic acids is 1. The van der Waals surface area contributed by atoms with E-state index < -0.39 is 10.0 Å². The van der Waals surface area contributed by atoms with Gasteiger partial charge in [-0.15, -0.1) is 11.3 Å². The van der Waals surface area contributed by atoms with Crippen molar-refractivity contribution in [2.24, 2.45) is 0 Å². The molecule has 3 heterocycles. The molecule has 1 aromatic carbocycles. The Labute approximate surface area is 196 Å². The molecule has 1 aliphatic heterocycles. The van der Waals surface area contributed by atoms with Crippen molar-refractivity contribution in [2.45, 2.75) is 17.7 Å². The topological polar surface area (TPSA) is 87.5 Å². The third-order valence-corrected chi connectivity index (χ3v) is 8.84. The monoisotopic (exact) mass is 493 g/mol. The molecule has 4 rings (SSSR count). The molecule has 0 spiro atoms. The predicted octanol–water partition coefficient (Wildman–Crippen LogP) is 2.90. The van der Waals surface area contributed by atoms with Gasteiger partial charge in [-0.3, -0.25) is 9.69 Å². The number of piperazine rings is 1. The largest absolute Gasteiger partial charge is 0.310 e. The Hall–Kier alpha value is -2.24. The normalized spacial score (nSPS) is 15.7. The summed E-state index contributed by atoms with van der Waals surface area (Å²) in [5, 5.41) is 7.23. The van der Waals surface area contributed by atoms with Crippen LogP contribution in [0.4, 0.5) is 5.82 Å². The summed E-state index contributed by atoms with van der Waals surface area (Å²) in [6.07, 6.45) is 1.66. The van der Waals surface area contributed by atoms with Gasteiger partial charge in [0, 0.05) is 32.2 Å². The highest BCUT2D eigenvalue weighted by Crippen LogP contribution is 2.28. The summed E-state index contributed by atoms with van der Waals surface area (Å²) in [5.74, 6) is 0.477. The van der Waals surface area contributed by atoms with Crippen molar-refractivity contribution in [3.63, 3.8) is 0 Å². The van der Waals surface area contributed by atoms with E-state index in [0.29, 0.717) is 42.9 Å². The fourth-order valence-corrected chi connectivity index (χ4v) is 6.68. The van der Waals surface area contributed by atoms with Gasteiger partial charge in [-0.05, 0) is 24.6 Å². The van der Waals surface area contributed by atoms with Crippen LogP contribution in [0.3, 0.4) is 0 Å². The lowest BCUT2D eigenvalue weighted by Crippen LogP contribution is -2.50. The first-order valence-corrected chi connectivity index (χ1v) is 12.8. The van der Waals surface area contributed by atoms with Gasteiger partial charge in [-0.2, -0.15) is 9.40 Å². The maximum atomic E-state index is 12.7. The molecule has 170 valence electrons. The number of hydrogen-bond acceptors (Lipinski definition) is 6. The van der Waals surface area contributed by atoms with Crippen LogP contribution in [0.2, 0.25) is 4.34 Å². The van der Waals surface area contributed by atoms with Crippen LogP contribution in [0, 0.1) is 6.92 Å². The Balaban J connectivity index is 1.30. The lowest BCUT2D eigenvalue weighted by atomic mass is 10.1. The Bertz CT molecular complexity index is 1200. The zero-order valence-electron chi connectivity index (χ0n) is 17.6. The summed E-state index contributed by atoms with van der Waals surface area (Å²) in [5.41, 5.74) is 2.28. The number of nitrogens with zero attached hydrogens (tertiary/aromatic N) is 4. The molecular weight excluding hydrogens is 470 g/mol. The van der Waals surface area contributed by atoms with Crippen LogP contribution >= 0.6 is 22.9 Å². The number of hydrogen-bond donors (Lipinski definition) is 1. The molecular formula is C21H24ClN5O3S2. The molecule has 2 aromatic heterocycles. The molecule has 3 aromatic rings. The first kappa shape index (κ1) is 22.9. The van der Waals surface area contributed by atoms with Crippen molar-refractivity contribution in [1.82, 2.24) is 19.0 Å². The second kappa shape index (κ2) is 9.72. The smallest absolute Gasteiger partial charge is 0.252 e. The lowest BCUT2D eigenvalue weighted by Gasteiger charge is -2.33. The van der Waals surface area contributed by atoms with Gasteiger partial charge >= 0.3 is 0 Å². The molecule has 32 heavy (non-hydrogen) atoms. The quantitative estimate of drug-likeness (QED) is 0.546. The van der Waals surface area contributed by atoms with Crippen LogP contribution < -0.4 is 5.32 Å². The highest BCUT2D eigenvalue weighted by molar-refractivity contribution is 7.91. The highest BCUT2D eigenvalue weighted by atomic mass is 35.5. The fraction of sp³-hybridized carbons (Fsp3) is 0.333. The molecule has 1 saturated heterocycles. The lowest BCUT2D eigenvalue weighted by molar-refractivity contribution is -0.117. The third-order valence-electron chi connectivity index (χ3n) is 5.24. The fourth-order valence-electron chi connectivity index (χ4n) is 3.63. The molecule has 0 saturated carbocycles. The van der Waals surface area contributed by atoms with Crippen LogP contribution in [0.25, 0.3) is 0 Å². The van der Waals surface area contributed by atoms with Crippen LogP contribution in [0.15, 0.2) is 52.9 Å². The number of amides is 1. The summed E-state index contributed by atoms with van der Waals surface area (Å²) in [4.78, 5) is 14.5. The Morgan fingerprint density at radius 1 is 1.16 bits per heavy atom. The standard InChI is InChI=1S/C21H24ClN5O3S2/c1-16-3-2-4-17(13-16)14-27-19(7-8-23-27)24-20(28)15-25-9-11-26(12-10-25)32(29,30)21-6-5-18(22)31-21/h2-8,13H,9-12,14-15H2,1H3,(H,24,28). The SMILES string of the molecule is Cc1cccc(Cn2nccc2NC(=O)CN2CCN(S(=O)(=O)c3ccc(Cl)s3)CC2)c1. The van der Waals surface area contributed by atoms with Gasteiger partial charge in [0.15, 0.2) is 0 Å². The van der Waals surface area contributed by atoms with Gasteiger partial charge in [0.1, 0.15) is 10.0 Å². The van der Waals surface area contributed by atoms with Crippen molar-refractivity contribution < 1.29 is 13.2 Å². The number of nitrogens with one attached hydrogen (secondary N) is 1. The van der Waals surface area contributed by atoms with Crippen LogP contribution in [0.5, 0.6) is 0 Å². The van der Waals surface area contributed by atoms with E-state index >= 15 is 0 Å². The van der Waals surface area contributed by atoms with E-state index in [1.165, 1.54) is 15.9 Å². The van der Waals surface area contributed by atoms with Gasteiger partial charge in [0.2, 0.25) is 5.91 Å². The molecule has 8 nitrogen and oxygen atoms in total. The van der Waals surface area contributed by atoms with Gasteiger partial charge in [-0.1, -0.05) is 41.4 Å². The number of anilines is 1. The van der Waals surface area contributed by atoms with Gasteiger partial charge in [0.05, 0.1) is 23.6 Å². The van der Waals surface area contributed by atoms with E-state index in [1.54, 1.807) is 23.0 Å². The van der Waals surface area contributed by atoms with E-state index in [4.69, 9.17) is 11.6 Å². The first-order chi connectivity index (χ1) is 15.3. The van der Waals surface area contributed by atoms with E-state index in [2.05, 4.69) is 16.5 Å². The minimum atomic E-state index is -3.54. The second-order valence-electron chi connectivity index (χ2n) is 7.65. The molecule has 1 N–H and O–H groups in total. The molecule has 0 aliphatic carbocycles. The average molecular weight is 494 g/mol. The number of benzene rings is 1. The zero-order valence-corrected chi connectivity index (χ0v) is 20.0. The summed E-state index contributed by atoms with van der Waals surface area (Å²) >= 11 is 6.94. The van der Waals surface area contributed by atoms with Crippen LogP contribution in [0.1, 0.15) is 11.1 Å². The minimum Gasteiger partial charge on any atom is -0.310 e. The number of carbonyl (C=O) groups is 1. The predicted molar refractivity (Wildman–Crippen MR) is 126 cm³/mol. The molecule has 1 fully saturated rings. The number of aromatic nitrogens is 2. The highest BCUT2D eigenvalue weighted by Gasteiger charge is 2.30. The summed E-state index contributed by atoms with van der Waals surface area (Å²) in [6, 6.07) is 13.0. The Kier molecular flexibility index (Phi) is 6.96. The summed E-state index contributed by atoms with van der Waals surface area (Å²) in [6.45, 7) is 4.41. The summed E-state index contributed by atoms with van der Waals surface area (Å²) < 4.78 is 29.3. The first-order valence-electron chi connectivity index (χ1n) is 10.2. The Morgan fingerprint density at radius 2 is 1.94 bits per heavy atom. The minimum absolute atomic E-state index is 0.155. The Morgan fingerprint density at radius 3 is 2.62 bits per heavy atom. The van der Waals surface area contributed by atoms with E-state index in [1.807, 2.05) is 30.0 Å². The average Bonchev–Trinajstić information content (AvgIpc) is 3.38. The molecule has 0 atom stereocenters.